The topological polar surface area (TPSA) is 69.2 Å². The molecule has 0 saturated heterocycles. The summed E-state index contributed by atoms with van der Waals surface area (Å²) in [6.07, 6.45) is 0.707. The average Bonchev–Trinajstić information content (AvgIpc) is 2.07. The summed E-state index contributed by atoms with van der Waals surface area (Å²) in [6.45, 7) is 1.90. The van der Waals surface area contributed by atoms with E-state index in [0.717, 1.165) is 10.0 Å². The van der Waals surface area contributed by atoms with E-state index in [4.69, 9.17) is 5.73 Å². The van der Waals surface area contributed by atoms with E-state index >= 15 is 0 Å². The van der Waals surface area contributed by atoms with Crippen molar-refractivity contribution in [2.24, 2.45) is 5.73 Å². The molecule has 0 fully saturated rings. The van der Waals surface area contributed by atoms with Crippen LogP contribution in [0.5, 0.6) is 0 Å². The number of halogens is 1. The van der Waals surface area contributed by atoms with Crippen molar-refractivity contribution >= 4 is 21.6 Å². The van der Waals surface area contributed by atoms with Crippen molar-refractivity contribution in [3.8, 4) is 0 Å². The Kier molecular flexibility index (Phi) is 3.60. The standard InChI is InChI=1S/C9H11BrN2O2/c1-6(11)4-7-2-3-8(12(13)14)5-9(7)10/h2-3,5-6H,4,11H2,1H3. The third-order valence-electron chi connectivity index (χ3n) is 1.79. The molecule has 1 aromatic carbocycles. The quantitative estimate of drug-likeness (QED) is 0.668. The summed E-state index contributed by atoms with van der Waals surface area (Å²) in [5, 5.41) is 10.4. The molecule has 0 radical (unpaired) electrons. The highest BCUT2D eigenvalue weighted by Crippen LogP contribution is 2.23. The molecule has 0 bridgehead atoms. The lowest BCUT2D eigenvalue weighted by Crippen LogP contribution is -2.17. The van der Waals surface area contributed by atoms with Gasteiger partial charge in [-0.1, -0.05) is 22.0 Å². The first-order valence-electron chi connectivity index (χ1n) is 4.19. The van der Waals surface area contributed by atoms with Crippen LogP contribution < -0.4 is 5.73 Å². The molecule has 0 aliphatic heterocycles. The van der Waals surface area contributed by atoms with E-state index in [1.54, 1.807) is 6.07 Å². The molecule has 0 aliphatic carbocycles. The maximum Gasteiger partial charge on any atom is 0.270 e. The summed E-state index contributed by atoms with van der Waals surface area (Å²) in [5.41, 5.74) is 6.72. The zero-order chi connectivity index (χ0) is 10.7. The van der Waals surface area contributed by atoms with Gasteiger partial charge in [-0.25, -0.2) is 0 Å². The zero-order valence-corrected chi connectivity index (χ0v) is 9.32. The smallest absolute Gasteiger partial charge is 0.270 e. The predicted molar refractivity (Wildman–Crippen MR) is 58.1 cm³/mol. The first kappa shape index (κ1) is 11.1. The van der Waals surface area contributed by atoms with Crippen molar-refractivity contribution < 1.29 is 4.92 Å². The Bertz CT molecular complexity index is 353. The third-order valence-corrected chi connectivity index (χ3v) is 2.53. The minimum absolute atomic E-state index is 0.0488. The van der Waals surface area contributed by atoms with Gasteiger partial charge >= 0.3 is 0 Å². The Balaban J connectivity index is 2.95. The second-order valence-electron chi connectivity index (χ2n) is 3.21. The second kappa shape index (κ2) is 4.52. The van der Waals surface area contributed by atoms with Crippen LogP contribution in [0.1, 0.15) is 12.5 Å². The number of nitrogens with two attached hydrogens (primary N) is 1. The number of benzene rings is 1. The maximum absolute atomic E-state index is 10.4. The highest BCUT2D eigenvalue weighted by Gasteiger charge is 2.09. The molecular formula is C9H11BrN2O2. The van der Waals surface area contributed by atoms with E-state index in [9.17, 15) is 10.1 Å². The average molecular weight is 259 g/mol. The van der Waals surface area contributed by atoms with E-state index in [0.29, 0.717) is 6.42 Å². The number of nitro groups is 1. The molecule has 0 aromatic heterocycles. The van der Waals surface area contributed by atoms with Gasteiger partial charge in [-0.05, 0) is 18.9 Å². The van der Waals surface area contributed by atoms with E-state index in [1.165, 1.54) is 12.1 Å². The van der Waals surface area contributed by atoms with Crippen LogP contribution in [0.4, 0.5) is 5.69 Å². The minimum atomic E-state index is -0.416. The van der Waals surface area contributed by atoms with Crippen LogP contribution >= 0.6 is 15.9 Å². The van der Waals surface area contributed by atoms with Gasteiger partial charge in [-0.15, -0.1) is 0 Å². The molecule has 1 unspecified atom stereocenters. The number of hydrogen-bond acceptors (Lipinski definition) is 3. The Hall–Kier alpha value is -0.940. The van der Waals surface area contributed by atoms with E-state index in [-0.39, 0.29) is 11.7 Å². The molecule has 76 valence electrons. The Morgan fingerprint density at radius 3 is 2.71 bits per heavy atom. The lowest BCUT2D eigenvalue weighted by atomic mass is 10.1. The largest absolute Gasteiger partial charge is 0.328 e. The number of nitro benzene ring substituents is 1. The number of non-ortho nitro benzene ring substituents is 1. The van der Waals surface area contributed by atoms with Gasteiger partial charge in [-0.2, -0.15) is 0 Å². The summed E-state index contributed by atoms with van der Waals surface area (Å²) in [7, 11) is 0. The molecule has 4 nitrogen and oxygen atoms in total. The fraction of sp³-hybridized carbons (Fsp3) is 0.333. The first-order valence-corrected chi connectivity index (χ1v) is 4.98. The molecule has 0 amide bonds. The molecule has 1 atom stereocenters. The van der Waals surface area contributed by atoms with E-state index in [1.807, 2.05) is 6.92 Å². The molecule has 0 aliphatic rings. The summed E-state index contributed by atoms with van der Waals surface area (Å²) in [5.74, 6) is 0. The van der Waals surface area contributed by atoms with Gasteiger partial charge < -0.3 is 5.73 Å². The minimum Gasteiger partial charge on any atom is -0.328 e. The van der Waals surface area contributed by atoms with Crippen molar-refractivity contribution in [3.63, 3.8) is 0 Å². The van der Waals surface area contributed by atoms with Gasteiger partial charge in [0.15, 0.2) is 0 Å². The van der Waals surface area contributed by atoms with Crippen molar-refractivity contribution in [2.45, 2.75) is 19.4 Å². The molecule has 0 saturated carbocycles. The third kappa shape index (κ3) is 2.78. The van der Waals surface area contributed by atoms with Crippen LogP contribution in [0, 0.1) is 10.1 Å². The van der Waals surface area contributed by atoms with Gasteiger partial charge in [0.05, 0.1) is 4.92 Å². The molecule has 5 heteroatoms. The molecular weight excluding hydrogens is 248 g/mol. The monoisotopic (exact) mass is 258 g/mol. The van der Waals surface area contributed by atoms with Gasteiger partial charge in [-0.3, -0.25) is 10.1 Å². The van der Waals surface area contributed by atoms with Crippen molar-refractivity contribution in [1.29, 1.82) is 0 Å². The molecule has 0 spiro atoms. The van der Waals surface area contributed by atoms with E-state index < -0.39 is 4.92 Å². The Morgan fingerprint density at radius 2 is 2.29 bits per heavy atom. The van der Waals surface area contributed by atoms with Crippen LogP contribution in [0.15, 0.2) is 22.7 Å². The number of hydrogen-bond donors (Lipinski definition) is 1. The number of rotatable bonds is 3. The van der Waals surface area contributed by atoms with Crippen molar-refractivity contribution in [2.75, 3.05) is 0 Å². The lowest BCUT2D eigenvalue weighted by Gasteiger charge is -2.06. The number of nitrogens with zero attached hydrogens (tertiary/aromatic N) is 1. The normalized spacial score (nSPS) is 12.5. The van der Waals surface area contributed by atoms with Crippen LogP contribution in [0.25, 0.3) is 0 Å². The first-order chi connectivity index (χ1) is 6.50. The van der Waals surface area contributed by atoms with Gasteiger partial charge in [0.1, 0.15) is 0 Å². The van der Waals surface area contributed by atoms with Crippen LogP contribution in [0.2, 0.25) is 0 Å². The molecule has 1 aromatic rings. The summed E-state index contributed by atoms with van der Waals surface area (Å²) in [6, 6.07) is 4.76. The van der Waals surface area contributed by atoms with Crippen LogP contribution in [-0.4, -0.2) is 11.0 Å². The van der Waals surface area contributed by atoms with Crippen molar-refractivity contribution in [1.82, 2.24) is 0 Å². The highest BCUT2D eigenvalue weighted by atomic mass is 79.9. The molecule has 2 N–H and O–H groups in total. The SMILES string of the molecule is CC(N)Cc1ccc([N+](=O)[O-])cc1Br. The van der Waals surface area contributed by atoms with Gasteiger partial charge in [0.25, 0.3) is 5.69 Å². The molecule has 0 heterocycles. The highest BCUT2D eigenvalue weighted by molar-refractivity contribution is 9.10. The van der Waals surface area contributed by atoms with Crippen molar-refractivity contribution in [3.05, 3.63) is 38.3 Å². The molecule has 1 rings (SSSR count). The zero-order valence-electron chi connectivity index (χ0n) is 7.74. The summed E-state index contributed by atoms with van der Waals surface area (Å²) >= 11 is 3.28. The summed E-state index contributed by atoms with van der Waals surface area (Å²) < 4.78 is 0.740. The summed E-state index contributed by atoms with van der Waals surface area (Å²) in [4.78, 5) is 10.0. The van der Waals surface area contributed by atoms with Crippen LogP contribution in [-0.2, 0) is 6.42 Å². The van der Waals surface area contributed by atoms with Gasteiger partial charge in [0, 0.05) is 22.6 Å². The van der Waals surface area contributed by atoms with E-state index in [2.05, 4.69) is 15.9 Å². The fourth-order valence-corrected chi connectivity index (χ4v) is 1.69. The maximum atomic E-state index is 10.4. The lowest BCUT2D eigenvalue weighted by molar-refractivity contribution is -0.384. The molecule has 14 heavy (non-hydrogen) atoms. The Morgan fingerprint density at radius 1 is 1.64 bits per heavy atom. The second-order valence-corrected chi connectivity index (χ2v) is 4.07. The Labute approximate surface area is 90.4 Å². The fourth-order valence-electron chi connectivity index (χ4n) is 1.16. The van der Waals surface area contributed by atoms with Gasteiger partial charge in [0.2, 0.25) is 0 Å². The predicted octanol–water partition coefficient (Wildman–Crippen LogP) is 2.25. The van der Waals surface area contributed by atoms with Crippen LogP contribution in [0.3, 0.4) is 0 Å².